The number of methoxy groups -OCH3 is 2. The van der Waals surface area contributed by atoms with Crippen LogP contribution in [0.3, 0.4) is 0 Å². The number of carbonyl (C=O) groups excluding carboxylic acids is 1. The van der Waals surface area contributed by atoms with Gasteiger partial charge in [0.15, 0.2) is 5.58 Å². The first-order valence-corrected chi connectivity index (χ1v) is 9.74. The lowest BCUT2D eigenvalue weighted by Crippen LogP contribution is -3.10. The van der Waals surface area contributed by atoms with Crippen molar-refractivity contribution in [2.24, 2.45) is 0 Å². The number of ether oxygens (including phenoxy) is 3. The number of esters is 1. The zero-order valence-electron chi connectivity index (χ0n) is 17.2. The molecular formula is C23H24NO6+. The molecule has 1 unspecified atom stereocenters. The summed E-state index contributed by atoms with van der Waals surface area (Å²) in [5.74, 6) is 1.07. The van der Waals surface area contributed by atoms with Gasteiger partial charge in [-0.25, -0.2) is 4.79 Å². The zero-order chi connectivity index (χ0) is 21.3. The van der Waals surface area contributed by atoms with Crippen LogP contribution in [-0.4, -0.2) is 26.9 Å². The lowest BCUT2D eigenvalue weighted by molar-refractivity contribution is -0.945. The number of benzene rings is 2. The lowest BCUT2D eigenvalue weighted by Gasteiger charge is -2.26. The van der Waals surface area contributed by atoms with Crippen molar-refractivity contribution in [1.29, 1.82) is 0 Å². The van der Waals surface area contributed by atoms with Gasteiger partial charge in [0, 0.05) is 10.9 Å². The van der Waals surface area contributed by atoms with Crippen LogP contribution < -0.4 is 20.0 Å². The molecule has 1 N–H and O–H groups in total. The number of nitrogens with one attached hydrogen (secondary N) is 1. The molecule has 0 radical (unpaired) electrons. The van der Waals surface area contributed by atoms with Crippen LogP contribution in [-0.2, 0) is 29.0 Å². The Morgan fingerprint density at radius 3 is 2.60 bits per heavy atom. The smallest absolute Gasteiger partial charge is 0.340 e. The molecule has 156 valence electrons. The van der Waals surface area contributed by atoms with Gasteiger partial charge >= 0.3 is 11.6 Å². The monoisotopic (exact) mass is 410 g/mol. The van der Waals surface area contributed by atoms with Gasteiger partial charge in [-0.05, 0) is 48.9 Å². The summed E-state index contributed by atoms with van der Waals surface area (Å²) in [5.41, 5.74) is 3.10. The molecule has 1 aliphatic heterocycles. The molecular weight excluding hydrogens is 386 g/mol. The van der Waals surface area contributed by atoms with Crippen LogP contribution in [0.4, 0.5) is 0 Å². The summed E-state index contributed by atoms with van der Waals surface area (Å²) in [6.45, 7) is 3.78. The third-order valence-corrected chi connectivity index (χ3v) is 5.54. The third-order valence-electron chi connectivity index (χ3n) is 5.54. The number of aryl methyl sites for hydroxylation is 1. The third kappa shape index (κ3) is 3.76. The van der Waals surface area contributed by atoms with E-state index in [1.54, 1.807) is 7.11 Å². The second-order valence-electron chi connectivity index (χ2n) is 7.41. The van der Waals surface area contributed by atoms with Crippen molar-refractivity contribution in [3.8, 4) is 11.5 Å². The summed E-state index contributed by atoms with van der Waals surface area (Å²) in [7, 11) is 2.95. The quantitative estimate of drug-likeness (QED) is 0.510. The molecule has 30 heavy (non-hydrogen) atoms. The Balaban J connectivity index is 1.66. The zero-order valence-corrected chi connectivity index (χ0v) is 17.2. The summed E-state index contributed by atoms with van der Waals surface area (Å²) < 4.78 is 21.5. The molecule has 7 heteroatoms. The van der Waals surface area contributed by atoms with E-state index in [1.165, 1.54) is 12.0 Å². The summed E-state index contributed by atoms with van der Waals surface area (Å²) in [4.78, 5) is 25.5. The molecule has 0 spiro atoms. The van der Waals surface area contributed by atoms with E-state index in [2.05, 4.69) is 0 Å². The Labute approximate surface area is 173 Å². The van der Waals surface area contributed by atoms with Gasteiger partial charge in [-0.15, -0.1) is 0 Å². The highest BCUT2D eigenvalue weighted by Crippen LogP contribution is 2.31. The van der Waals surface area contributed by atoms with Crippen LogP contribution in [0.15, 0.2) is 45.6 Å². The van der Waals surface area contributed by atoms with E-state index in [9.17, 15) is 9.59 Å². The van der Waals surface area contributed by atoms with Crippen LogP contribution >= 0.6 is 0 Å². The van der Waals surface area contributed by atoms with E-state index < -0.39 is 11.6 Å². The molecule has 0 saturated heterocycles. The van der Waals surface area contributed by atoms with Crippen molar-refractivity contribution < 1.29 is 28.3 Å². The van der Waals surface area contributed by atoms with Gasteiger partial charge < -0.3 is 18.6 Å². The largest absolute Gasteiger partial charge is 0.497 e. The van der Waals surface area contributed by atoms with Gasteiger partial charge in [-0.3, -0.25) is 9.69 Å². The van der Waals surface area contributed by atoms with E-state index >= 15 is 0 Å². The van der Waals surface area contributed by atoms with E-state index in [0.717, 1.165) is 40.1 Å². The molecule has 0 fully saturated rings. The van der Waals surface area contributed by atoms with E-state index in [4.69, 9.17) is 18.6 Å². The molecule has 7 nitrogen and oxygen atoms in total. The van der Waals surface area contributed by atoms with Gasteiger partial charge in [0.25, 0.3) is 0 Å². The molecule has 0 amide bonds. The van der Waals surface area contributed by atoms with Crippen molar-refractivity contribution in [1.82, 2.24) is 0 Å². The van der Waals surface area contributed by atoms with Gasteiger partial charge in [0.1, 0.15) is 24.6 Å². The first kappa shape index (κ1) is 20.0. The maximum absolute atomic E-state index is 12.6. The Morgan fingerprint density at radius 2 is 1.90 bits per heavy atom. The second-order valence-corrected chi connectivity index (χ2v) is 7.41. The topological polar surface area (TPSA) is 79.4 Å². The van der Waals surface area contributed by atoms with Crippen molar-refractivity contribution in [3.63, 3.8) is 0 Å². The van der Waals surface area contributed by atoms with Crippen molar-refractivity contribution in [2.45, 2.75) is 26.4 Å². The molecule has 1 aromatic heterocycles. The van der Waals surface area contributed by atoms with Crippen LogP contribution in [0.25, 0.3) is 11.0 Å². The van der Waals surface area contributed by atoms with Gasteiger partial charge in [-0.1, -0.05) is 0 Å². The number of hydrogen-bond acceptors (Lipinski definition) is 6. The van der Waals surface area contributed by atoms with Crippen molar-refractivity contribution >= 4 is 16.9 Å². The van der Waals surface area contributed by atoms with Crippen LogP contribution in [0.1, 0.15) is 22.3 Å². The van der Waals surface area contributed by atoms with Gasteiger partial charge in [-0.2, -0.15) is 0 Å². The molecule has 2 aromatic carbocycles. The van der Waals surface area contributed by atoms with E-state index in [1.807, 2.05) is 43.3 Å². The molecule has 3 aromatic rings. The SMILES string of the molecule is COC(=O)Cc1c(C)c2ccc3c(c2oc1=O)C[NH+](Cc1ccc(OC)cc1)CO3. The van der Waals surface area contributed by atoms with E-state index in [0.29, 0.717) is 24.4 Å². The van der Waals surface area contributed by atoms with Crippen molar-refractivity contribution in [2.75, 3.05) is 21.0 Å². The highest BCUT2D eigenvalue weighted by atomic mass is 16.5. The Hall–Kier alpha value is -3.32. The fourth-order valence-corrected chi connectivity index (χ4v) is 3.84. The average molecular weight is 410 g/mol. The number of hydrogen-bond donors (Lipinski definition) is 1. The molecule has 0 saturated carbocycles. The van der Waals surface area contributed by atoms with Crippen molar-refractivity contribution in [3.05, 3.63) is 69.1 Å². The fourth-order valence-electron chi connectivity index (χ4n) is 3.84. The fraction of sp³-hybridized carbons (Fsp3) is 0.304. The standard InChI is InChI=1S/C23H23NO6/c1-14-17-8-9-20-19(22(17)30-23(26)18(14)10-21(25)28-3)12-24(13-29-20)11-15-4-6-16(27-2)7-5-15/h4-9H,10-13H2,1-3H3/p+1. The summed E-state index contributed by atoms with van der Waals surface area (Å²) in [6.07, 6.45) is -0.108. The van der Waals surface area contributed by atoms with Crippen LogP contribution in [0.5, 0.6) is 11.5 Å². The minimum atomic E-state index is -0.513. The molecule has 1 aliphatic rings. The highest BCUT2D eigenvalue weighted by molar-refractivity contribution is 5.87. The normalized spacial score (nSPS) is 15.4. The minimum absolute atomic E-state index is 0.108. The summed E-state index contributed by atoms with van der Waals surface area (Å²) >= 11 is 0. The number of rotatable bonds is 5. The van der Waals surface area contributed by atoms with Gasteiger partial charge in [0.05, 0.1) is 31.8 Å². The highest BCUT2D eigenvalue weighted by Gasteiger charge is 2.26. The molecule has 1 atom stereocenters. The predicted octanol–water partition coefficient (Wildman–Crippen LogP) is 1.76. The first-order chi connectivity index (χ1) is 14.5. The van der Waals surface area contributed by atoms with Crippen LogP contribution in [0, 0.1) is 6.92 Å². The summed E-state index contributed by atoms with van der Waals surface area (Å²) in [5, 5.41) is 0.807. The average Bonchev–Trinajstić information content (AvgIpc) is 2.77. The maximum Gasteiger partial charge on any atom is 0.340 e. The molecule has 2 heterocycles. The van der Waals surface area contributed by atoms with Crippen LogP contribution in [0.2, 0.25) is 0 Å². The second kappa shape index (κ2) is 8.20. The number of fused-ring (bicyclic) bond motifs is 3. The Kier molecular flexibility index (Phi) is 5.46. The van der Waals surface area contributed by atoms with Gasteiger partial charge in [0.2, 0.25) is 6.73 Å². The molecule has 0 aliphatic carbocycles. The number of quaternary nitrogens is 1. The lowest BCUT2D eigenvalue weighted by atomic mass is 10.00. The number of carbonyl (C=O) groups is 1. The minimum Gasteiger partial charge on any atom is -0.497 e. The Morgan fingerprint density at radius 1 is 1.13 bits per heavy atom. The molecule has 0 bridgehead atoms. The first-order valence-electron chi connectivity index (χ1n) is 9.74. The predicted molar refractivity (Wildman–Crippen MR) is 110 cm³/mol. The Bertz CT molecular complexity index is 1150. The summed E-state index contributed by atoms with van der Waals surface area (Å²) in [6, 6.07) is 11.7. The maximum atomic E-state index is 12.6. The molecule has 4 rings (SSSR count). The van der Waals surface area contributed by atoms with E-state index in [-0.39, 0.29) is 6.42 Å².